The van der Waals surface area contributed by atoms with Crippen LogP contribution in [0.25, 0.3) is 0 Å². The zero-order chi connectivity index (χ0) is 16.2. The third-order valence-electron chi connectivity index (χ3n) is 3.83. The number of amides is 1. The highest BCUT2D eigenvalue weighted by Crippen LogP contribution is 2.20. The van der Waals surface area contributed by atoms with E-state index in [0.29, 0.717) is 37.8 Å². The molecule has 1 aliphatic heterocycles. The highest BCUT2D eigenvalue weighted by Gasteiger charge is 2.19. The normalized spacial score (nSPS) is 14.6. The number of rotatable bonds is 3. The molecule has 0 unspecified atom stereocenters. The van der Waals surface area contributed by atoms with E-state index in [-0.39, 0.29) is 5.91 Å². The standard InChI is InChI=1S/C17H20N4O2/c1-12-3-4-13(2)14(9-12)20-16-11-18-15(10-19-16)17(22)21-5-7-23-8-6-21/h3-4,9-11H,5-8H2,1-2H3,(H,19,20). The number of morpholine rings is 1. The maximum atomic E-state index is 12.3. The van der Waals surface area contributed by atoms with Gasteiger partial charge in [0.25, 0.3) is 5.91 Å². The van der Waals surface area contributed by atoms with Crippen molar-refractivity contribution in [2.75, 3.05) is 31.6 Å². The lowest BCUT2D eigenvalue weighted by molar-refractivity contribution is 0.0298. The monoisotopic (exact) mass is 312 g/mol. The SMILES string of the molecule is Cc1ccc(C)c(Nc2cnc(C(=O)N3CCOCC3)cn2)c1. The molecule has 1 aromatic carbocycles. The van der Waals surface area contributed by atoms with Gasteiger partial charge in [0.15, 0.2) is 0 Å². The predicted molar refractivity (Wildman–Crippen MR) is 88.0 cm³/mol. The van der Waals surface area contributed by atoms with Gasteiger partial charge in [-0.1, -0.05) is 12.1 Å². The quantitative estimate of drug-likeness (QED) is 0.942. The first kappa shape index (κ1) is 15.4. The van der Waals surface area contributed by atoms with E-state index < -0.39 is 0 Å². The molecule has 120 valence electrons. The number of nitrogens with one attached hydrogen (secondary N) is 1. The lowest BCUT2D eigenvalue weighted by Gasteiger charge is -2.26. The molecule has 6 nitrogen and oxygen atoms in total. The molecule has 6 heteroatoms. The Morgan fingerprint density at radius 2 is 1.96 bits per heavy atom. The van der Waals surface area contributed by atoms with E-state index in [1.165, 1.54) is 11.8 Å². The van der Waals surface area contributed by atoms with Crippen molar-refractivity contribution in [3.63, 3.8) is 0 Å². The summed E-state index contributed by atoms with van der Waals surface area (Å²) in [5.41, 5.74) is 3.65. The van der Waals surface area contributed by atoms with Crippen molar-refractivity contribution in [3.8, 4) is 0 Å². The second-order valence-corrected chi connectivity index (χ2v) is 5.63. The van der Waals surface area contributed by atoms with Crippen molar-refractivity contribution in [2.24, 2.45) is 0 Å². The number of anilines is 2. The fourth-order valence-electron chi connectivity index (χ4n) is 2.44. The van der Waals surface area contributed by atoms with E-state index in [2.05, 4.69) is 33.5 Å². The number of aryl methyl sites for hydroxylation is 2. The second kappa shape index (κ2) is 6.75. The molecular formula is C17H20N4O2. The molecule has 0 atom stereocenters. The molecule has 1 fully saturated rings. The average molecular weight is 312 g/mol. The van der Waals surface area contributed by atoms with Crippen LogP contribution >= 0.6 is 0 Å². The molecular weight excluding hydrogens is 292 g/mol. The molecule has 2 aromatic rings. The molecule has 23 heavy (non-hydrogen) atoms. The first-order chi connectivity index (χ1) is 11.1. The Kier molecular flexibility index (Phi) is 4.52. The molecule has 0 radical (unpaired) electrons. The highest BCUT2D eigenvalue weighted by molar-refractivity contribution is 5.92. The van der Waals surface area contributed by atoms with Crippen LogP contribution in [0.5, 0.6) is 0 Å². The van der Waals surface area contributed by atoms with Gasteiger partial charge < -0.3 is 15.0 Å². The van der Waals surface area contributed by atoms with Crippen LogP contribution in [0.1, 0.15) is 21.6 Å². The summed E-state index contributed by atoms with van der Waals surface area (Å²) in [6.07, 6.45) is 3.11. The second-order valence-electron chi connectivity index (χ2n) is 5.63. The Bertz CT molecular complexity index is 694. The fourth-order valence-corrected chi connectivity index (χ4v) is 2.44. The van der Waals surface area contributed by atoms with Crippen LogP contribution in [0.15, 0.2) is 30.6 Å². The summed E-state index contributed by atoms with van der Waals surface area (Å²) in [7, 11) is 0. The Morgan fingerprint density at radius 1 is 1.17 bits per heavy atom. The van der Waals surface area contributed by atoms with Crippen molar-refractivity contribution in [3.05, 3.63) is 47.4 Å². The molecule has 1 aromatic heterocycles. The topological polar surface area (TPSA) is 67.4 Å². The molecule has 1 amide bonds. The van der Waals surface area contributed by atoms with Crippen LogP contribution in [-0.2, 0) is 4.74 Å². The molecule has 2 heterocycles. The molecule has 1 aliphatic rings. The van der Waals surface area contributed by atoms with Gasteiger partial charge in [0.05, 0.1) is 25.6 Å². The number of benzene rings is 1. The van der Waals surface area contributed by atoms with Gasteiger partial charge in [-0.05, 0) is 31.0 Å². The first-order valence-electron chi connectivity index (χ1n) is 7.67. The van der Waals surface area contributed by atoms with Crippen LogP contribution in [0.3, 0.4) is 0 Å². The molecule has 3 rings (SSSR count). The van der Waals surface area contributed by atoms with Crippen molar-refractivity contribution in [1.82, 2.24) is 14.9 Å². The molecule has 0 saturated carbocycles. The van der Waals surface area contributed by atoms with E-state index in [9.17, 15) is 4.79 Å². The smallest absolute Gasteiger partial charge is 0.274 e. The molecule has 1 N–H and O–H groups in total. The first-order valence-corrected chi connectivity index (χ1v) is 7.67. The van der Waals surface area contributed by atoms with E-state index >= 15 is 0 Å². The molecule has 1 saturated heterocycles. The molecule has 0 aliphatic carbocycles. The zero-order valence-electron chi connectivity index (χ0n) is 13.4. The van der Waals surface area contributed by atoms with Crippen molar-refractivity contribution < 1.29 is 9.53 Å². The van der Waals surface area contributed by atoms with E-state index in [1.807, 2.05) is 13.8 Å². The highest BCUT2D eigenvalue weighted by atomic mass is 16.5. The lowest BCUT2D eigenvalue weighted by atomic mass is 10.1. The van der Waals surface area contributed by atoms with Crippen LogP contribution in [0.4, 0.5) is 11.5 Å². The number of hydrogen-bond acceptors (Lipinski definition) is 5. The molecule has 0 spiro atoms. The maximum absolute atomic E-state index is 12.3. The van der Waals surface area contributed by atoms with E-state index in [0.717, 1.165) is 11.3 Å². The minimum atomic E-state index is -0.0981. The Hall–Kier alpha value is -2.47. The van der Waals surface area contributed by atoms with Crippen molar-refractivity contribution >= 4 is 17.4 Å². The largest absolute Gasteiger partial charge is 0.378 e. The third kappa shape index (κ3) is 3.65. The summed E-state index contributed by atoms with van der Waals surface area (Å²) in [4.78, 5) is 22.6. The van der Waals surface area contributed by atoms with Gasteiger partial charge >= 0.3 is 0 Å². The Balaban J connectivity index is 1.71. The van der Waals surface area contributed by atoms with Crippen LogP contribution in [0, 0.1) is 13.8 Å². The van der Waals surface area contributed by atoms with Crippen molar-refractivity contribution in [1.29, 1.82) is 0 Å². The molecule has 0 bridgehead atoms. The number of nitrogens with zero attached hydrogens (tertiary/aromatic N) is 3. The average Bonchev–Trinajstić information content (AvgIpc) is 2.59. The van der Waals surface area contributed by atoms with Crippen LogP contribution < -0.4 is 5.32 Å². The number of aromatic nitrogens is 2. The third-order valence-corrected chi connectivity index (χ3v) is 3.83. The van der Waals surface area contributed by atoms with Crippen LogP contribution in [-0.4, -0.2) is 47.1 Å². The van der Waals surface area contributed by atoms with E-state index in [1.54, 1.807) is 11.1 Å². The minimum absolute atomic E-state index is 0.0981. The van der Waals surface area contributed by atoms with Crippen molar-refractivity contribution in [2.45, 2.75) is 13.8 Å². The maximum Gasteiger partial charge on any atom is 0.274 e. The summed E-state index contributed by atoms with van der Waals surface area (Å²) in [6.45, 7) is 6.43. The summed E-state index contributed by atoms with van der Waals surface area (Å²) >= 11 is 0. The fraction of sp³-hybridized carbons (Fsp3) is 0.353. The van der Waals surface area contributed by atoms with Gasteiger partial charge in [-0.2, -0.15) is 0 Å². The minimum Gasteiger partial charge on any atom is -0.378 e. The summed E-state index contributed by atoms with van der Waals surface area (Å²) in [5.74, 6) is 0.524. The summed E-state index contributed by atoms with van der Waals surface area (Å²) in [6, 6.07) is 6.18. The Morgan fingerprint density at radius 3 is 2.65 bits per heavy atom. The van der Waals surface area contributed by atoms with Gasteiger partial charge in [-0.15, -0.1) is 0 Å². The van der Waals surface area contributed by atoms with E-state index in [4.69, 9.17) is 4.74 Å². The summed E-state index contributed by atoms with van der Waals surface area (Å²) < 4.78 is 5.25. The number of carbonyl (C=O) groups excluding carboxylic acids is 1. The lowest BCUT2D eigenvalue weighted by Crippen LogP contribution is -2.41. The van der Waals surface area contributed by atoms with Gasteiger partial charge in [-0.25, -0.2) is 9.97 Å². The number of carbonyl (C=O) groups is 1. The zero-order valence-corrected chi connectivity index (χ0v) is 13.4. The van der Waals surface area contributed by atoms with Gasteiger partial charge in [0.1, 0.15) is 11.5 Å². The van der Waals surface area contributed by atoms with Crippen LogP contribution in [0.2, 0.25) is 0 Å². The van der Waals surface area contributed by atoms with Gasteiger partial charge in [-0.3, -0.25) is 4.79 Å². The number of ether oxygens (including phenoxy) is 1. The summed E-state index contributed by atoms with van der Waals surface area (Å²) in [5, 5.41) is 3.24. The van der Waals surface area contributed by atoms with Gasteiger partial charge in [0, 0.05) is 18.8 Å². The van der Waals surface area contributed by atoms with Gasteiger partial charge in [0.2, 0.25) is 0 Å². The predicted octanol–water partition coefficient (Wildman–Crippen LogP) is 2.31. The number of hydrogen-bond donors (Lipinski definition) is 1. The Labute approximate surface area is 135 Å².